The molecular formula is C39H52O17. The minimum Gasteiger partial charge on any atom is -0.459 e. The number of fused-ring (bicyclic) bond motifs is 5. The highest BCUT2D eigenvalue weighted by Gasteiger charge is 2.78. The molecule has 6 rings (SSSR count). The summed E-state index contributed by atoms with van der Waals surface area (Å²) >= 11 is 0. The number of ketones is 1. The van der Waals surface area contributed by atoms with Crippen molar-refractivity contribution >= 4 is 23.7 Å². The number of benzene rings is 1. The molecule has 310 valence electrons. The van der Waals surface area contributed by atoms with Crippen molar-refractivity contribution in [3.8, 4) is 0 Å². The first kappa shape index (κ1) is 42.3. The first-order valence-electron chi connectivity index (χ1n) is 18.7. The van der Waals surface area contributed by atoms with Crippen LogP contribution in [-0.2, 0) is 42.8 Å². The lowest BCUT2D eigenvalue weighted by molar-refractivity contribution is -0.346. The third-order valence-electron chi connectivity index (χ3n) is 12.9. The zero-order valence-electron chi connectivity index (χ0n) is 31.9. The van der Waals surface area contributed by atoms with E-state index in [2.05, 4.69) is 0 Å². The number of rotatable bonds is 10. The minimum absolute atomic E-state index is 0.000641. The molecule has 56 heavy (non-hydrogen) atoms. The van der Waals surface area contributed by atoms with Crippen molar-refractivity contribution in [1.29, 1.82) is 0 Å². The Balaban J connectivity index is 1.37. The number of carbonyl (C=O) groups excluding carboxylic acids is 4. The zero-order valence-corrected chi connectivity index (χ0v) is 31.9. The Labute approximate surface area is 323 Å². The molecule has 4 fully saturated rings. The van der Waals surface area contributed by atoms with E-state index in [1.807, 2.05) is 0 Å². The van der Waals surface area contributed by atoms with Gasteiger partial charge in [0.1, 0.15) is 61.0 Å². The van der Waals surface area contributed by atoms with Crippen LogP contribution < -0.4 is 0 Å². The van der Waals surface area contributed by atoms with Gasteiger partial charge in [0.05, 0.1) is 42.3 Å². The molecule has 2 heterocycles. The molecule has 1 aromatic rings. The van der Waals surface area contributed by atoms with Crippen LogP contribution in [0.25, 0.3) is 0 Å². The van der Waals surface area contributed by atoms with Crippen molar-refractivity contribution < 1.29 is 83.3 Å². The van der Waals surface area contributed by atoms with E-state index in [1.54, 1.807) is 32.0 Å². The first-order valence-corrected chi connectivity index (χ1v) is 18.7. The summed E-state index contributed by atoms with van der Waals surface area (Å²) in [5, 5.41) is 76.4. The molecule has 5 unspecified atom stereocenters. The standard InChI is InChI=1S/C39H52O17/c1-18-21(42)14-39(50)34(55-35(49)20-9-7-6-8-10-20)32-37(5,33(48)30(46)27(18)36(39,3)4)24(13-25-38(32,17-52-25)56-19(2)41)54-26(43)16-51-12-11-22-28(44)31(47)29(45)23(15-40)53-22/h6-10,21-25,28-32,34,40,42,44-47,50H,11-17H2,1-5H3/t21-,22?,23?,24-,25+,28?,29?,30+,31?,32-,34-,37+,38-,39+/m0/s1. The molecule has 0 spiro atoms. The van der Waals surface area contributed by atoms with Crippen LogP contribution in [0.2, 0.25) is 0 Å². The van der Waals surface area contributed by atoms with Crippen LogP contribution in [0.5, 0.6) is 0 Å². The number of aliphatic hydroxyl groups excluding tert-OH is 6. The number of esters is 3. The molecule has 17 nitrogen and oxygen atoms in total. The van der Waals surface area contributed by atoms with Crippen molar-refractivity contribution in [2.45, 2.75) is 126 Å². The Bertz CT molecular complexity index is 1710. The molecule has 0 radical (unpaired) electrons. The lowest BCUT2D eigenvalue weighted by Gasteiger charge is -2.67. The molecule has 2 bridgehead atoms. The zero-order chi connectivity index (χ0) is 41.1. The lowest BCUT2D eigenvalue weighted by atomic mass is 9.44. The Morgan fingerprint density at radius 2 is 1.61 bits per heavy atom. The molecule has 0 amide bonds. The minimum atomic E-state index is -2.23. The highest BCUT2D eigenvalue weighted by Crippen LogP contribution is 2.64. The quantitative estimate of drug-likeness (QED) is 0.0640. The highest BCUT2D eigenvalue weighted by molar-refractivity contribution is 5.94. The largest absolute Gasteiger partial charge is 0.459 e. The fourth-order valence-corrected chi connectivity index (χ4v) is 9.78. The fraction of sp³-hybridized carbons (Fsp3) is 0.692. The van der Waals surface area contributed by atoms with Gasteiger partial charge in [-0.2, -0.15) is 0 Å². The van der Waals surface area contributed by atoms with E-state index in [-0.39, 0.29) is 42.8 Å². The van der Waals surface area contributed by atoms with Gasteiger partial charge < -0.3 is 64.2 Å². The van der Waals surface area contributed by atoms with Gasteiger partial charge in [-0.25, -0.2) is 9.59 Å². The summed E-state index contributed by atoms with van der Waals surface area (Å²) in [4.78, 5) is 55.5. The van der Waals surface area contributed by atoms with E-state index in [4.69, 9.17) is 28.4 Å². The van der Waals surface area contributed by atoms with Crippen molar-refractivity contribution in [1.82, 2.24) is 0 Å². The predicted molar refractivity (Wildman–Crippen MR) is 188 cm³/mol. The van der Waals surface area contributed by atoms with Gasteiger partial charge in [-0.1, -0.05) is 32.0 Å². The molecule has 14 atom stereocenters. The second-order valence-corrected chi connectivity index (χ2v) is 16.4. The average Bonchev–Trinajstić information content (AvgIpc) is 3.14. The number of hydrogen-bond acceptors (Lipinski definition) is 17. The normalized spacial score (nSPS) is 41.6. The van der Waals surface area contributed by atoms with Gasteiger partial charge in [0.2, 0.25) is 0 Å². The monoisotopic (exact) mass is 792 g/mol. The van der Waals surface area contributed by atoms with Gasteiger partial charge in [-0.15, -0.1) is 0 Å². The molecule has 2 aliphatic heterocycles. The lowest BCUT2D eigenvalue weighted by Crippen LogP contribution is -2.82. The molecule has 7 N–H and O–H groups in total. The topological polar surface area (TPSA) is 265 Å². The second-order valence-electron chi connectivity index (χ2n) is 16.4. The summed E-state index contributed by atoms with van der Waals surface area (Å²) < 4.78 is 35.2. The maximum absolute atomic E-state index is 15.1. The first-order chi connectivity index (χ1) is 26.3. The van der Waals surface area contributed by atoms with Crippen molar-refractivity contribution in [3.05, 3.63) is 47.0 Å². The van der Waals surface area contributed by atoms with E-state index < -0.39 is 132 Å². The molecule has 0 aromatic heterocycles. The second kappa shape index (κ2) is 15.4. The van der Waals surface area contributed by atoms with Gasteiger partial charge >= 0.3 is 17.9 Å². The number of carbonyl (C=O) groups is 4. The smallest absolute Gasteiger partial charge is 0.338 e. The molecule has 2 saturated heterocycles. The molecule has 2 saturated carbocycles. The van der Waals surface area contributed by atoms with Crippen LogP contribution >= 0.6 is 0 Å². The van der Waals surface area contributed by atoms with Crippen LogP contribution in [0.3, 0.4) is 0 Å². The van der Waals surface area contributed by atoms with Crippen molar-refractivity contribution in [2.75, 3.05) is 26.4 Å². The third-order valence-corrected chi connectivity index (χ3v) is 12.9. The summed E-state index contributed by atoms with van der Waals surface area (Å²) in [6.07, 6.45) is -15.1. The van der Waals surface area contributed by atoms with E-state index in [9.17, 15) is 50.1 Å². The molecule has 5 aliphatic rings. The number of ether oxygens (including phenoxy) is 6. The summed E-state index contributed by atoms with van der Waals surface area (Å²) in [5.41, 5.74) is -7.24. The third kappa shape index (κ3) is 6.68. The Kier molecular flexibility index (Phi) is 11.6. The van der Waals surface area contributed by atoms with Crippen LogP contribution in [-0.4, -0.2) is 158 Å². The molecular weight excluding hydrogens is 740 g/mol. The number of hydrogen-bond donors (Lipinski definition) is 7. The van der Waals surface area contributed by atoms with E-state index in [1.165, 1.54) is 26.0 Å². The number of aliphatic hydroxyl groups is 7. The Morgan fingerprint density at radius 3 is 2.21 bits per heavy atom. The van der Waals surface area contributed by atoms with Gasteiger partial charge in [0.25, 0.3) is 0 Å². The van der Waals surface area contributed by atoms with E-state index >= 15 is 4.79 Å². The summed E-state index contributed by atoms with van der Waals surface area (Å²) in [7, 11) is 0. The van der Waals surface area contributed by atoms with Crippen LogP contribution in [0.15, 0.2) is 41.5 Å². The van der Waals surface area contributed by atoms with Gasteiger partial charge in [0.15, 0.2) is 11.4 Å². The van der Waals surface area contributed by atoms with Crippen molar-refractivity contribution in [2.24, 2.45) is 16.7 Å². The average molecular weight is 793 g/mol. The SMILES string of the molecule is CC(=O)O[C@@]12CO[C@@H]1C[C@H](OC(=O)COCCC1OC(CO)C(O)C(O)C1O)[C@@]1(C)C(=O)[C@H](O)C3=C(C)[C@@H](O)C[C@@](O)([C@@H](OC(=O)c4ccccc4)[C@H]21)C3(C)C. The van der Waals surface area contributed by atoms with Gasteiger partial charge in [-0.05, 0) is 43.5 Å². The van der Waals surface area contributed by atoms with Crippen molar-refractivity contribution in [3.63, 3.8) is 0 Å². The maximum atomic E-state index is 15.1. The fourth-order valence-electron chi connectivity index (χ4n) is 9.78. The number of Topliss-reactive ketones (excluding diaryl/α,β-unsaturated/α-hetero) is 1. The summed E-state index contributed by atoms with van der Waals surface area (Å²) in [6.45, 7) is 5.38. The predicted octanol–water partition coefficient (Wildman–Crippen LogP) is -1.12. The Hall–Kier alpha value is -3.36. The van der Waals surface area contributed by atoms with E-state index in [0.717, 1.165) is 6.92 Å². The molecule has 3 aliphatic carbocycles. The van der Waals surface area contributed by atoms with Gasteiger partial charge in [-0.3, -0.25) is 9.59 Å². The summed E-state index contributed by atoms with van der Waals surface area (Å²) in [5.74, 6) is -5.09. The summed E-state index contributed by atoms with van der Waals surface area (Å²) in [6, 6.07) is 7.86. The maximum Gasteiger partial charge on any atom is 0.338 e. The van der Waals surface area contributed by atoms with Crippen LogP contribution in [0, 0.1) is 16.7 Å². The van der Waals surface area contributed by atoms with Crippen LogP contribution in [0.1, 0.15) is 64.2 Å². The van der Waals surface area contributed by atoms with Crippen LogP contribution in [0.4, 0.5) is 0 Å². The van der Waals surface area contributed by atoms with E-state index in [0.29, 0.717) is 0 Å². The van der Waals surface area contributed by atoms with Gasteiger partial charge in [0, 0.05) is 31.8 Å². The molecule has 1 aromatic carbocycles. The Morgan fingerprint density at radius 1 is 0.946 bits per heavy atom. The molecule has 17 heteroatoms. The highest BCUT2D eigenvalue weighted by atomic mass is 16.6.